The molecule has 4 aromatic heterocycles. The number of ether oxygens (including phenoxy) is 1. The molecule has 304 valence electrons. The Kier molecular flexibility index (Phi) is 18.3. The number of nitrogens with one attached hydrogen (secondary N) is 2. The number of aldehydes is 2. The van der Waals surface area contributed by atoms with E-state index in [1.807, 2.05) is 24.3 Å². The van der Waals surface area contributed by atoms with Crippen LogP contribution in [0.15, 0.2) is 73.1 Å². The topological polar surface area (TPSA) is 139 Å². The third-order valence-corrected chi connectivity index (χ3v) is 12.3. The number of anilines is 2. The number of hydrogen-bond donors (Lipinski definition) is 3. The number of carbonyl (C=O) groups excluding carboxylic acids is 2. The van der Waals surface area contributed by atoms with Crippen LogP contribution in [-0.4, -0.2) is 49.7 Å². The molecule has 0 saturated heterocycles. The highest BCUT2D eigenvalue weighted by Crippen LogP contribution is 2.35. The number of pyridine rings is 2. The second-order valence-corrected chi connectivity index (χ2v) is 16.6. The summed E-state index contributed by atoms with van der Waals surface area (Å²) in [5, 5.41) is 19.1. The van der Waals surface area contributed by atoms with Crippen LogP contribution >= 0.6 is 61.3 Å². The molecule has 2 atom stereocenters. The van der Waals surface area contributed by atoms with Gasteiger partial charge in [0.15, 0.2) is 22.8 Å². The first-order valence-corrected chi connectivity index (χ1v) is 21.0. The zero-order chi connectivity index (χ0) is 38.6. The summed E-state index contributed by atoms with van der Waals surface area (Å²) in [5.74, 6) is 3.14. The summed E-state index contributed by atoms with van der Waals surface area (Å²) in [6.45, 7) is 4.53. The summed E-state index contributed by atoms with van der Waals surface area (Å²) in [4.78, 5) is 37.9. The zero-order valence-corrected chi connectivity index (χ0v) is 36.5. The first-order chi connectivity index (χ1) is 26.8. The monoisotopic (exact) mass is 866 g/mol. The minimum atomic E-state index is 0. The van der Waals surface area contributed by atoms with Gasteiger partial charge >= 0.3 is 0 Å². The fourth-order valence-electron chi connectivity index (χ4n) is 7.08. The zero-order valence-electron chi connectivity index (χ0n) is 32.1. The second kappa shape index (κ2) is 22.8. The summed E-state index contributed by atoms with van der Waals surface area (Å²) in [7, 11) is 0. The standard InChI is InChI=1S/C21H23N3O2S.C15H20N2OS.C6H4ClNO.2H2S/c1-14(15-5-3-2-4-6-15)23-21-24-19-8-7-17(12-20(19)27-21)26-18-9-10-22-16(11-18)13-25;1-10(11-5-3-2-4-6-11)16-15-17-13-8-7-12(18)9-14(13)19-15;7-5-1-2-8-6(3-5)4-9;;/h7-15H,2-6H2,1H3,(H,23,24);7-11,18H,2-6H2,1H3,(H,16,17);1-4H;2*1H2/t14-;10-;;;/m00.../s1. The number of hydrogen-bond acceptors (Lipinski definition) is 12. The van der Waals surface area contributed by atoms with E-state index in [9.17, 15) is 14.7 Å². The summed E-state index contributed by atoms with van der Waals surface area (Å²) >= 11 is 8.80. The number of thiazole rings is 2. The van der Waals surface area contributed by atoms with E-state index in [1.165, 1.54) is 76.5 Å². The van der Waals surface area contributed by atoms with Crippen molar-refractivity contribution in [2.24, 2.45) is 11.8 Å². The summed E-state index contributed by atoms with van der Waals surface area (Å²) < 4.78 is 7.99. The lowest BCUT2D eigenvalue weighted by Crippen LogP contribution is -2.27. The number of rotatable bonds is 10. The van der Waals surface area contributed by atoms with E-state index in [1.54, 1.807) is 59.2 Å². The third-order valence-electron chi connectivity index (χ3n) is 10.1. The van der Waals surface area contributed by atoms with Crippen molar-refractivity contribution in [3.63, 3.8) is 0 Å². The molecule has 15 heteroatoms. The third kappa shape index (κ3) is 13.6. The molecule has 2 saturated carbocycles. The van der Waals surface area contributed by atoms with E-state index in [4.69, 9.17) is 21.3 Å². The number of phenols is 1. The predicted octanol–water partition coefficient (Wildman–Crippen LogP) is 11.8. The molecule has 6 aromatic rings. The highest BCUT2D eigenvalue weighted by molar-refractivity contribution is 7.59. The van der Waals surface area contributed by atoms with Gasteiger partial charge in [-0.25, -0.2) is 9.97 Å². The van der Waals surface area contributed by atoms with Crippen LogP contribution < -0.4 is 15.4 Å². The molecular weight excluding hydrogens is 816 g/mol. The lowest BCUT2D eigenvalue weighted by molar-refractivity contribution is 0.111. The average molecular weight is 868 g/mol. The minimum absolute atomic E-state index is 0. The lowest BCUT2D eigenvalue weighted by atomic mass is 9.85. The van der Waals surface area contributed by atoms with Gasteiger partial charge in [0.1, 0.15) is 28.6 Å². The molecule has 0 amide bonds. The van der Waals surface area contributed by atoms with Gasteiger partial charge in [0, 0.05) is 41.6 Å². The Labute approximate surface area is 361 Å². The van der Waals surface area contributed by atoms with Crippen LogP contribution in [0.4, 0.5) is 10.3 Å². The molecule has 0 radical (unpaired) electrons. The normalized spacial score (nSPS) is 15.3. The highest BCUT2D eigenvalue weighted by atomic mass is 35.5. The average Bonchev–Trinajstić information content (AvgIpc) is 3.81. The molecule has 57 heavy (non-hydrogen) atoms. The first kappa shape index (κ1) is 45.7. The molecule has 0 spiro atoms. The van der Waals surface area contributed by atoms with E-state index in [0.717, 1.165) is 48.3 Å². The molecule has 10 nitrogen and oxygen atoms in total. The fourth-order valence-corrected chi connectivity index (χ4v) is 9.23. The first-order valence-electron chi connectivity index (χ1n) is 19.0. The maximum Gasteiger partial charge on any atom is 0.184 e. The lowest BCUT2D eigenvalue weighted by Gasteiger charge is -2.28. The molecule has 2 aliphatic rings. The Morgan fingerprint density at radius 3 is 1.70 bits per heavy atom. The molecule has 0 unspecified atom stereocenters. The van der Waals surface area contributed by atoms with Gasteiger partial charge in [-0.05, 0) is 99.9 Å². The van der Waals surface area contributed by atoms with Gasteiger partial charge < -0.3 is 20.5 Å². The van der Waals surface area contributed by atoms with Gasteiger partial charge in [-0.1, -0.05) is 72.8 Å². The SMILES string of the molecule is C[C@H](Nc1nc2ccc(O)cc2s1)C1CCCCC1.C[C@H](Nc1nc2ccc(Oc3ccnc(C=O)c3)cc2s1)C1CCCCC1.O=Cc1cc(Cl)ccn1.S.S. The number of aromatic hydroxyl groups is 1. The molecular formula is C42H51ClN6O4S4. The largest absolute Gasteiger partial charge is 0.508 e. The van der Waals surface area contributed by atoms with Gasteiger partial charge in [-0.2, -0.15) is 27.0 Å². The van der Waals surface area contributed by atoms with Crippen LogP contribution in [0.2, 0.25) is 5.02 Å². The minimum Gasteiger partial charge on any atom is -0.508 e. The van der Waals surface area contributed by atoms with Crippen LogP contribution in [-0.2, 0) is 0 Å². The van der Waals surface area contributed by atoms with Gasteiger partial charge in [-0.15, -0.1) is 0 Å². The van der Waals surface area contributed by atoms with E-state index in [-0.39, 0.29) is 27.0 Å². The van der Waals surface area contributed by atoms with Crippen molar-refractivity contribution in [1.29, 1.82) is 0 Å². The van der Waals surface area contributed by atoms with Crippen molar-refractivity contribution in [3.8, 4) is 17.2 Å². The van der Waals surface area contributed by atoms with Crippen LogP contribution in [0.3, 0.4) is 0 Å². The van der Waals surface area contributed by atoms with Gasteiger partial charge in [0.2, 0.25) is 0 Å². The number of fused-ring (bicyclic) bond motifs is 2. The van der Waals surface area contributed by atoms with Crippen molar-refractivity contribution in [2.75, 3.05) is 10.6 Å². The molecule has 2 aromatic carbocycles. The number of carbonyl (C=O) groups is 2. The van der Waals surface area contributed by atoms with Crippen molar-refractivity contribution < 1.29 is 19.4 Å². The number of phenolic OH excluding ortho intramolecular Hbond substituents is 1. The smallest absolute Gasteiger partial charge is 0.184 e. The molecule has 3 N–H and O–H groups in total. The van der Waals surface area contributed by atoms with Crippen molar-refractivity contribution in [2.45, 2.75) is 90.1 Å². The maximum absolute atomic E-state index is 10.9. The van der Waals surface area contributed by atoms with Gasteiger partial charge in [0.05, 0.1) is 20.4 Å². The Morgan fingerprint density at radius 1 is 0.684 bits per heavy atom. The Balaban J connectivity index is 0.000000209. The van der Waals surface area contributed by atoms with Crippen LogP contribution in [0.5, 0.6) is 17.2 Å². The highest BCUT2D eigenvalue weighted by Gasteiger charge is 2.22. The molecule has 2 aliphatic carbocycles. The summed E-state index contributed by atoms with van der Waals surface area (Å²) in [6, 6.07) is 18.6. The number of nitrogens with zero attached hydrogens (tertiary/aromatic N) is 4. The molecule has 0 bridgehead atoms. The second-order valence-electron chi connectivity index (χ2n) is 14.1. The summed E-state index contributed by atoms with van der Waals surface area (Å²) in [5.41, 5.74) is 2.65. The quantitative estimate of drug-likeness (QED) is 0.114. The summed E-state index contributed by atoms with van der Waals surface area (Å²) in [6.07, 6.45) is 17.9. The van der Waals surface area contributed by atoms with Crippen LogP contribution in [0.1, 0.15) is 99.0 Å². The molecule has 0 aliphatic heterocycles. The van der Waals surface area contributed by atoms with Crippen molar-refractivity contribution in [3.05, 3.63) is 89.5 Å². The number of halogens is 1. The fraction of sp³-hybridized carbons (Fsp3) is 0.381. The van der Waals surface area contributed by atoms with Crippen molar-refractivity contribution in [1.82, 2.24) is 19.9 Å². The van der Waals surface area contributed by atoms with E-state index < -0.39 is 0 Å². The Morgan fingerprint density at radius 2 is 1.18 bits per heavy atom. The maximum atomic E-state index is 10.9. The Bertz CT molecular complexity index is 2170. The predicted molar refractivity (Wildman–Crippen MR) is 245 cm³/mol. The van der Waals surface area contributed by atoms with E-state index in [2.05, 4.69) is 39.4 Å². The Hall–Kier alpha value is -3.95. The van der Waals surface area contributed by atoms with Crippen LogP contribution in [0, 0.1) is 11.8 Å². The van der Waals surface area contributed by atoms with Gasteiger partial charge in [-0.3, -0.25) is 19.6 Å². The van der Waals surface area contributed by atoms with Gasteiger partial charge in [0.25, 0.3) is 0 Å². The number of benzene rings is 2. The van der Waals surface area contributed by atoms with Crippen LogP contribution in [0.25, 0.3) is 20.4 Å². The molecule has 8 rings (SSSR count). The van der Waals surface area contributed by atoms with E-state index in [0.29, 0.717) is 52.6 Å². The molecule has 2 fully saturated rings. The number of aromatic nitrogens is 4. The van der Waals surface area contributed by atoms with Crippen molar-refractivity contribution >= 4 is 105 Å². The molecule has 4 heterocycles. The van der Waals surface area contributed by atoms with E-state index >= 15 is 0 Å².